The quantitative estimate of drug-likeness (QED) is 0.722. The summed E-state index contributed by atoms with van der Waals surface area (Å²) < 4.78 is 19.6. The van der Waals surface area contributed by atoms with Crippen LogP contribution in [0.25, 0.3) is 22.2 Å². The molecule has 116 valence electrons. The number of benzene rings is 1. The van der Waals surface area contributed by atoms with Crippen molar-refractivity contribution >= 4 is 16.8 Å². The van der Waals surface area contributed by atoms with Crippen LogP contribution >= 0.6 is 0 Å². The van der Waals surface area contributed by atoms with Gasteiger partial charge in [0.15, 0.2) is 5.76 Å². The van der Waals surface area contributed by atoms with E-state index in [0.29, 0.717) is 22.2 Å². The van der Waals surface area contributed by atoms with Gasteiger partial charge >= 0.3 is 0 Å². The van der Waals surface area contributed by atoms with Crippen molar-refractivity contribution < 1.29 is 13.6 Å². The van der Waals surface area contributed by atoms with Crippen LogP contribution in [0.1, 0.15) is 23.4 Å². The van der Waals surface area contributed by atoms with E-state index in [0.717, 1.165) is 25.9 Å². The Kier molecular flexibility index (Phi) is 3.33. The number of amides is 1. The monoisotopic (exact) mass is 310 g/mol. The van der Waals surface area contributed by atoms with Crippen LogP contribution in [-0.4, -0.2) is 28.9 Å². The van der Waals surface area contributed by atoms with Crippen LogP contribution in [-0.2, 0) is 0 Å². The van der Waals surface area contributed by atoms with Crippen molar-refractivity contribution in [1.82, 2.24) is 9.88 Å². The summed E-state index contributed by atoms with van der Waals surface area (Å²) in [7, 11) is 0. The summed E-state index contributed by atoms with van der Waals surface area (Å²) in [6.07, 6.45) is 3.71. The first-order chi connectivity index (χ1) is 11.2. The summed E-state index contributed by atoms with van der Waals surface area (Å²) in [5, 5.41) is 0.700. The first-order valence-corrected chi connectivity index (χ1v) is 7.66. The average Bonchev–Trinajstić information content (AvgIpc) is 3.25. The molecule has 4 nitrogen and oxygen atoms in total. The molecule has 3 heterocycles. The van der Waals surface area contributed by atoms with Crippen molar-refractivity contribution in [2.45, 2.75) is 12.8 Å². The Morgan fingerprint density at radius 3 is 2.83 bits per heavy atom. The van der Waals surface area contributed by atoms with Gasteiger partial charge in [0.05, 0.1) is 5.52 Å². The van der Waals surface area contributed by atoms with Gasteiger partial charge in [0.25, 0.3) is 5.91 Å². The molecule has 0 saturated carbocycles. The highest BCUT2D eigenvalue weighted by molar-refractivity contribution is 5.95. The van der Waals surface area contributed by atoms with E-state index in [1.165, 1.54) is 12.1 Å². The molecule has 1 aliphatic heterocycles. The van der Waals surface area contributed by atoms with Gasteiger partial charge in [-0.3, -0.25) is 9.78 Å². The van der Waals surface area contributed by atoms with Crippen molar-refractivity contribution in [1.29, 1.82) is 0 Å². The van der Waals surface area contributed by atoms with E-state index in [-0.39, 0.29) is 17.5 Å². The zero-order valence-corrected chi connectivity index (χ0v) is 12.5. The minimum atomic E-state index is -0.357. The molecule has 5 heteroatoms. The van der Waals surface area contributed by atoms with E-state index in [2.05, 4.69) is 4.98 Å². The van der Waals surface area contributed by atoms with E-state index < -0.39 is 0 Å². The Morgan fingerprint density at radius 2 is 2.00 bits per heavy atom. The lowest BCUT2D eigenvalue weighted by atomic mass is 10.1. The van der Waals surface area contributed by atoms with E-state index in [1.54, 1.807) is 35.4 Å². The van der Waals surface area contributed by atoms with Gasteiger partial charge in [0.1, 0.15) is 11.6 Å². The number of likely N-dealkylation sites (tertiary alicyclic amines) is 1. The minimum absolute atomic E-state index is 0.109. The molecule has 2 aromatic heterocycles. The molecule has 0 spiro atoms. The Hall–Kier alpha value is -2.69. The zero-order valence-electron chi connectivity index (χ0n) is 12.5. The number of fused-ring (bicyclic) bond motifs is 1. The maximum Gasteiger partial charge on any atom is 0.289 e. The van der Waals surface area contributed by atoms with Crippen molar-refractivity contribution in [3.05, 3.63) is 54.2 Å². The molecule has 0 N–H and O–H groups in total. The summed E-state index contributed by atoms with van der Waals surface area (Å²) >= 11 is 0. The molecule has 0 radical (unpaired) electrons. The molecule has 23 heavy (non-hydrogen) atoms. The Labute approximate surface area is 132 Å². The summed E-state index contributed by atoms with van der Waals surface area (Å²) in [4.78, 5) is 18.5. The van der Waals surface area contributed by atoms with Gasteiger partial charge in [-0.05, 0) is 43.2 Å². The highest BCUT2D eigenvalue weighted by atomic mass is 19.1. The van der Waals surface area contributed by atoms with E-state index in [9.17, 15) is 9.18 Å². The smallest absolute Gasteiger partial charge is 0.289 e. The van der Waals surface area contributed by atoms with Crippen LogP contribution < -0.4 is 0 Å². The second-order valence-electron chi connectivity index (χ2n) is 5.69. The van der Waals surface area contributed by atoms with Gasteiger partial charge in [0.2, 0.25) is 0 Å². The number of carbonyl (C=O) groups is 1. The molecule has 0 atom stereocenters. The van der Waals surface area contributed by atoms with Gasteiger partial charge < -0.3 is 9.32 Å². The number of aromatic nitrogens is 1. The molecule has 4 rings (SSSR count). The van der Waals surface area contributed by atoms with Crippen LogP contribution in [0.3, 0.4) is 0 Å². The van der Waals surface area contributed by atoms with E-state index >= 15 is 0 Å². The molecular weight excluding hydrogens is 295 g/mol. The van der Waals surface area contributed by atoms with Gasteiger partial charge in [-0.2, -0.15) is 0 Å². The lowest BCUT2D eigenvalue weighted by Gasteiger charge is -2.12. The third kappa shape index (κ3) is 2.48. The molecule has 3 aromatic rings. The molecule has 1 aliphatic rings. The third-order valence-electron chi connectivity index (χ3n) is 4.15. The highest BCUT2D eigenvalue weighted by Crippen LogP contribution is 2.30. The van der Waals surface area contributed by atoms with Crippen molar-refractivity contribution in [2.24, 2.45) is 0 Å². The van der Waals surface area contributed by atoms with Gasteiger partial charge in [-0.25, -0.2) is 4.39 Å². The number of halogens is 1. The number of hydrogen-bond donors (Lipinski definition) is 0. The van der Waals surface area contributed by atoms with Crippen LogP contribution in [0.2, 0.25) is 0 Å². The fraction of sp³-hybridized carbons (Fsp3) is 0.222. The normalized spacial score (nSPS) is 14.6. The van der Waals surface area contributed by atoms with E-state index in [4.69, 9.17) is 4.42 Å². The summed E-state index contributed by atoms with van der Waals surface area (Å²) in [6.45, 7) is 1.53. The summed E-state index contributed by atoms with van der Waals surface area (Å²) in [5.74, 6) is 0.276. The lowest BCUT2D eigenvalue weighted by Crippen LogP contribution is -2.27. The first-order valence-electron chi connectivity index (χ1n) is 7.66. The van der Waals surface area contributed by atoms with Gasteiger partial charge in [0, 0.05) is 30.2 Å². The Bertz CT molecular complexity index is 882. The molecule has 0 bridgehead atoms. The molecular formula is C18H15FN2O2. The lowest BCUT2D eigenvalue weighted by molar-refractivity contribution is 0.0762. The number of pyridine rings is 1. The predicted octanol–water partition coefficient (Wildman–Crippen LogP) is 3.87. The highest BCUT2D eigenvalue weighted by Gasteiger charge is 2.23. The van der Waals surface area contributed by atoms with Gasteiger partial charge in [-0.1, -0.05) is 6.07 Å². The number of furan rings is 1. The largest absolute Gasteiger partial charge is 0.451 e. The first kappa shape index (κ1) is 13.9. The molecule has 1 saturated heterocycles. The number of hydrogen-bond acceptors (Lipinski definition) is 3. The number of nitrogens with zero attached hydrogens (tertiary/aromatic N) is 2. The topological polar surface area (TPSA) is 46.3 Å². The Balaban J connectivity index is 1.76. The summed E-state index contributed by atoms with van der Waals surface area (Å²) in [6, 6.07) is 9.73. The van der Waals surface area contributed by atoms with Crippen molar-refractivity contribution in [3.8, 4) is 11.3 Å². The SMILES string of the molecule is O=C(c1ccc(-c2cc(F)cc3cccnc23)o1)N1CCCC1. The van der Waals surface area contributed by atoms with Crippen LogP contribution in [0.5, 0.6) is 0 Å². The Morgan fingerprint density at radius 1 is 1.17 bits per heavy atom. The van der Waals surface area contributed by atoms with Gasteiger partial charge in [-0.15, -0.1) is 0 Å². The standard InChI is InChI=1S/C18H15FN2O2/c19-13-10-12-4-3-7-20-17(12)14(11-13)15-5-6-16(23-15)18(22)21-8-1-2-9-21/h3-7,10-11H,1-2,8-9H2. The van der Waals surface area contributed by atoms with Crippen LogP contribution in [0.4, 0.5) is 4.39 Å². The maximum absolute atomic E-state index is 13.8. The summed E-state index contributed by atoms with van der Waals surface area (Å²) in [5.41, 5.74) is 1.21. The molecule has 0 aliphatic carbocycles. The number of rotatable bonds is 2. The minimum Gasteiger partial charge on any atom is -0.451 e. The van der Waals surface area contributed by atoms with Crippen LogP contribution in [0, 0.1) is 5.82 Å². The molecule has 0 unspecified atom stereocenters. The number of carbonyl (C=O) groups excluding carboxylic acids is 1. The van der Waals surface area contributed by atoms with Crippen molar-refractivity contribution in [2.75, 3.05) is 13.1 Å². The third-order valence-corrected chi connectivity index (χ3v) is 4.15. The predicted molar refractivity (Wildman–Crippen MR) is 84.5 cm³/mol. The second-order valence-corrected chi connectivity index (χ2v) is 5.69. The zero-order chi connectivity index (χ0) is 15.8. The second kappa shape index (κ2) is 5.50. The molecule has 1 amide bonds. The average molecular weight is 310 g/mol. The molecule has 1 fully saturated rings. The fourth-order valence-electron chi connectivity index (χ4n) is 3.02. The van der Waals surface area contributed by atoms with E-state index in [1.807, 2.05) is 0 Å². The van der Waals surface area contributed by atoms with Crippen molar-refractivity contribution in [3.63, 3.8) is 0 Å². The van der Waals surface area contributed by atoms with Crippen LogP contribution in [0.15, 0.2) is 47.0 Å². The maximum atomic E-state index is 13.8. The molecule has 1 aromatic carbocycles. The fourth-order valence-corrected chi connectivity index (χ4v) is 3.02.